The van der Waals surface area contributed by atoms with Crippen LogP contribution in [0, 0.1) is 5.82 Å². The van der Waals surface area contributed by atoms with Crippen LogP contribution >= 0.6 is 11.3 Å². The molecule has 0 saturated carbocycles. The maximum absolute atomic E-state index is 13.9. The predicted octanol–water partition coefficient (Wildman–Crippen LogP) is 5.42. The molecule has 30 heavy (non-hydrogen) atoms. The van der Waals surface area contributed by atoms with Crippen molar-refractivity contribution in [1.29, 1.82) is 0 Å². The fourth-order valence-electron chi connectivity index (χ4n) is 2.82. The van der Waals surface area contributed by atoms with Gasteiger partial charge in [0, 0.05) is 23.6 Å². The Morgan fingerprint density at radius 1 is 1.00 bits per heavy atom. The number of hydrogen-bond acceptors (Lipinski definition) is 5. The van der Waals surface area contributed by atoms with Crippen LogP contribution in [-0.2, 0) is 4.79 Å². The van der Waals surface area contributed by atoms with Gasteiger partial charge in [0.05, 0.1) is 11.3 Å². The molecule has 2 aromatic carbocycles. The van der Waals surface area contributed by atoms with Gasteiger partial charge in [0.1, 0.15) is 11.6 Å². The molecule has 0 aliphatic carbocycles. The minimum absolute atomic E-state index is 0.0599. The van der Waals surface area contributed by atoms with Crippen molar-refractivity contribution < 1.29 is 18.4 Å². The number of thiazole rings is 1. The van der Waals surface area contributed by atoms with Gasteiger partial charge in [-0.1, -0.05) is 24.3 Å². The van der Waals surface area contributed by atoms with Gasteiger partial charge in [-0.3, -0.25) is 14.9 Å². The molecule has 6 nitrogen and oxygen atoms in total. The smallest absolute Gasteiger partial charge is 0.293 e. The molecule has 4 rings (SSSR count). The fourth-order valence-corrected chi connectivity index (χ4v) is 3.53. The Bertz CT molecular complexity index is 1210. The molecule has 2 aromatic heterocycles. The highest BCUT2D eigenvalue weighted by molar-refractivity contribution is 7.14. The number of furan rings is 1. The minimum atomic E-state index is -0.473. The molecule has 0 atom stereocenters. The summed E-state index contributed by atoms with van der Waals surface area (Å²) in [5.41, 5.74) is 2.52. The summed E-state index contributed by atoms with van der Waals surface area (Å²) in [7, 11) is 0. The molecule has 0 bridgehead atoms. The van der Waals surface area contributed by atoms with Gasteiger partial charge in [-0.05, 0) is 36.4 Å². The van der Waals surface area contributed by atoms with Gasteiger partial charge in [0.15, 0.2) is 10.9 Å². The number of hydrogen-bond donors (Lipinski definition) is 2. The van der Waals surface area contributed by atoms with E-state index in [0.29, 0.717) is 16.5 Å². The maximum atomic E-state index is 13.9. The molecule has 0 saturated heterocycles. The van der Waals surface area contributed by atoms with Crippen LogP contribution in [0.15, 0.2) is 70.5 Å². The Morgan fingerprint density at radius 2 is 1.77 bits per heavy atom. The standard InChI is InChI=1S/C22H16FN3O3S/c1-13(27)24-15-8-6-14(7-9-15)18-12-30-22(25-18)26-21(28)20-11-10-19(29-20)16-4-2-3-5-17(16)23/h2-12H,1H3,(H,24,27)(H,25,26,28). The van der Waals surface area contributed by atoms with Crippen molar-refractivity contribution in [3.05, 3.63) is 77.6 Å². The van der Waals surface area contributed by atoms with Crippen molar-refractivity contribution in [1.82, 2.24) is 4.98 Å². The summed E-state index contributed by atoms with van der Waals surface area (Å²) in [6.07, 6.45) is 0. The molecule has 0 fully saturated rings. The Balaban J connectivity index is 1.46. The van der Waals surface area contributed by atoms with E-state index in [9.17, 15) is 14.0 Å². The van der Waals surface area contributed by atoms with E-state index >= 15 is 0 Å². The molecular formula is C22H16FN3O3S. The minimum Gasteiger partial charge on any atom is -0.451 e. The highest BCUT2D eigenvalue weighted by Gasteiger charge is 2.16. The average molecular weight is 421 g/mol. The summed E-state index contributed by atoms with van der Waals surface area (Å²) in [4.78, 5) is 28.0. The maximum Gasteiger partial charge on any atom is 0.293 e. The van der Waals surface area contributed by atoms with E-state index in [1.54, 1.807) is 36.4 Å². The SMILES string of the molecule is CC(=O)Nc1ccc(-c2csc(NC(=O)c3ccc(-c4ccccc4F)o3)n2)cc1. The number of amides is 2. The zero-order valence-corrected chi connectivity index (χ0v) is 16.6. The molecule has 0 aliphatic rings. The molecule has 2 heterocycles. The second-order valence-corrected chi connectivity index (χ2v) is 7.25. The lowest BCUT2D eigenvalue weighted by Crippen LogP contribution is -2.10. The molecule has 8 heteroatoms. The average Bonchev–Trinajstić information content (AvgIpc) is 3.38. The molecule has 0 spiro atoms. The summed E-state index contributed by atoms with van der Waals surface area (Å²) >= 11 is 1.27. The van der Waals surface area contributed by atoms with Crippen LogP contribution in [0.2, 0.25) is 0 Å². The number of nitrogens with zero attached hydrogens (tertiary/aromatic N) is 1. The van der Waals surface area contributed by atoms with Crippen LogP contribution in [-0.4, -0.2) is 16.8 Å². The molecule has 0 unspecified atom stereocenters. The van der Waals surface area contributed by atoms with E-state index < -0.39 is 11.7 Å². The largest absolute Gasteiger partial charge is 0.451 e. The highest BCUT2D eigenvalue weighted by Crippen LogP contribution is 2.28. The normalized spacial score (nSPS) is 10.6. The van der Waals surface area contributed by atoms with E-state index in [0.717, 1.165) is 5.56 Å². The third-order valence-electron chi connectivity index (χ3n) is 4.19. The van der Waals surface area contributed by atoms with Crippen LogP contribution < -0.4 is 10.6 Å². The third kappa shape index (κ3) is 4.28. The molecule has 0 aliphatic heterocycles. The predicted molar refractivity (Wildman–Crippen MR) is 114 cm³/mol. The van der Waals surface area contributed by atoms with E-state index in [4.69, 9.17) is 4.42 Å². The van der Waals surface area contributed by atoms with Gasteiger partial charge in [0.2, 0.25) is 5.91 Å². The second-order valence-electron chi connectivity index (χ2n) is 6.39. The Hall–Kier alpha value is -3.78. The van der Waals surface area contributed by atoms with Crippen LogP contribution in [0.25, 0.3) is 22.6 Å². The first-order chi connectivity index (χ1) is 14.5. The summed E-state index contributed by atoms with van der Waals surface area (Å²) in [5.74, 6) is -0.702. The summed E-state index contributed by atoms with van der Waals surface area (Å²) in [6.45, 7) is 1.45. The molecule has 0 radical (unpaired) electrons. The van der Waals surface area contributed by atoms with Gasteiger partial charge >= 0.3 is 0 Å². The number of halogens is 1. The second kappa shape index (κ2) is 8.30. The van der Waals surface area contributed by atoms with Crippen molar-refractivity contribution in [2.45, 2.75) is 6.92 Å². The summed E-state index contributed by atoms with van der Waals surface area (Å²) in [5, 5.41) is 7.61. The van der Waals surface area contributed by atoms with E-state index in [1.165, 1.54) is 30.4 Å². The van der Waals surface area contributed by atoms with Gasteiger partial charge in [-0.25, -0.2) is 9.37 Å². The number of carbonyl (C=O) groups excluding carboxylic acids is 2. The van der Waals surface area contributed by atoms with Gasteiger partial charge < -0.3 is 9.73 Å². The third-order valence-corrected chi connectivity index (χ3v) is 4.95. The molecule has 2 N–H and O–H groups in total. The van der Waals surface area contributed by atoms with Crippen LogP contribution in [0.3, 0.4) is 0 Å². The zero-order chi connectivity index (χ0) is 21.1. The Kier molecular flexibility index (Phi) is 5.40. The lowest BCUT2D eigenvalue weighted by Gasteiger charge is -2.03. The van der Waals surface area contributed by atoms with E-state index in [1.807, 2.05) is 17.5 Å². The topological polar surface area (TPSA) is 84.2 Å². The highest BCUT2D eigenvalue weighted by atomic mass is 32.1. The summed E-state index contributed by atoms with van der Waals surface area (Å²) in [6, 6.07) is 16.5. The first kappa shape index (κ1) is 19.5. The number of rotatable bonds is 5. The first-order valence-electron chi connectivity index (χ1n) is 8.99. The van der Waals surface area contributed by atoms with Crippen molar-refractivity contribution in [2.75, 3.05) is 10.6 Å². The lowest BCUT2D eigenvalue weighted by molar-refractivity contribution is -0.114. The van der Waals surface area contributed by atoms with Crippen LogP contribution in [0.4, 0.5) is 15.2 Å². The number of nitrogens with one attached hydrogen (secondary N) is 2. The van der Waals surface area contributed by atoms with Crippen LogP contribution in [0.1, 0.15) is 17.5 Å². The van der Waals surface area contributed by atoms with Crippen molar-refractivity contribution in [3.8, 4) is 22.6 Å². The Morgan fingerprint density at radius 3 is 2.50 bits per heavy atom. The van der Waals surface area contributed by atoms with Crippen molar-refractivity contribution in [3.63, 3.8) is 0 Å². The van der Waals surface area contributed by atoms with Crippen LogP contribution in [0.5, 0.6) is 0 Å². The molecular weight excluding hydrogens is 405 g/mol. The quantitative estimate of drug-likeness (QED) is 0.451. The van der Waals surface area contributed by atoms with Gasteiger partial charge in [-0.2, -0.15) is 0 Å². The first-order valence-corrected chi connectivity index (χ1v) is 9.87. The summed E-state index contributed by atoms with van der Waals surface area (Å²) < 4.78 is 19.4. The number of anilines is 2. The molecule has 150 valence electrons. The van der Waals surface area contributed by atoms with E-state index in [-0.39, 0.29) is 23.0 Å². The van der Waals surface area contributed by atoms with Gasteiger partial charge in [-0.15, -0.1) is 11.3 Å². The number of benzene rings is 2. The number of carbonyl (C=O) groups is 2. The van der Waals surface area contributed by atoms with Crippen molar-refractivity contribution in [2.24, 2.45) is 0 Å². The zero-order valence-electron chi connectivity index (χ0n) is 15.8. The Labute approximate surface area is 175 Å². The molecule has 4 aromatic rings. The number of aromatic nitrogens is 1. The fraction of sp³-hybridized carbons (Fsp3) is 0.0455. The van der Waals surface area contributed by atoms with Gasteiger partial charge in [0.25, 0.3) is 5.91 Å². The lowest BCUT2D eigenvalue weighted by atomic mass is 10.1. The molecule has 2 amide bonds. The van der Waals surface area contributed by atoms with Crippen molar-refractivity contribution >= 4 is 34.0 Å². The van der Waals surface area contributed by atoms with E-state index in [2.05, 4.69) is 15.6 Å². The monoisotopic (exact) mass is 421 g/mol.